The Morgan fingerprint density at radius 1 is 1.31 bits per heavy atom. The molecule has 0 aromatic carbocycles. The van der Waals surface area contributed by atoms with E-state index in [1.807, 2.05) is 13.1 Å². The average Bonchev–Trinajstić information content (AvgIpc) is 2.16. The molecule has 2 nitrogen and oxygen atoms in total. The van der Waals surface area contributed by atoms with Gasteiger partial charge in [-0.05, 0) is 29.9 Å². The van der Waals surface area contributed by atoms with Gasteiger partial charge in [0.1, 0.15) is 0 Å². The van der Waals surface area contributed by atoms with Crippen LogP contribution < -0.4 is 4.74 Å². The Bertz CT molecular complexity index is 350. The van der Waals surface area contributed by atoms with Gasteiger partial charge in [0.05, 0.1) is 6.61 Å². The van der Waals surface area contributed by atoms with Gasteiger partial charge in [0.2, 0.25) is 5.88 Å². The molecule has 2 heteroatoms. The van der Waals surface area contributed by atoms with Gasteiger partial charge in [-0.3, -0.25) is 0 Å². The average molecular weight is 221 g/mol. The molecule has 1 aromatic rings. The second kappa shape index (κ2) is 4.86. The Kier molecular flexibility index (Phi) is 3.95. The van der Waals surface area contributed by atoms with Crippen LogP contribution in [0, 0.1) is 0 Å². The normalized spacial score (nSPS) is 11.9. The van der Waals surface area contributed by atoms with E-state index in [1.54, 1.807) is 0 Å². The number of hydrogen-bond acceptors (Lipinski definition) is 2. The summed E-state index contributed by atoms with van der Waals surface area (Å²) in [5.74, 6) is 1.28. The highest BCUT2D eigenvalue weighted by molar-refractivity contribution is 5.36. The molecule has 0 saturated heterocycles. The fourth-order valence-corrected chi connectivity index (χ4v) is 1.57. The van der Waals surface area contributed by atoms with Gasteiger partial charge in [-0.15, -0.1) is 0 Å². The Hall–Kier alpha value is -1.05. The summed E-state index contributed by atoms with van der Waals surface area (Å²) in [4.78, 5) is 4.43. The molecule has 0 unspecified atom stereocenters. The number of hydrogen-bond donors (Lipinski definition) is 0. The Morgan fingerprint density at radius 2 is 1.94 bits per heavy atom. The van der Waals surface area contributed by atoms with Crippen LogP contribution in [-0.2, 0) is 5.41 Å². The van der Waals surface area contributed by atoms with Crippen LogP contribution in [0.3, 0.4) is 0 Å². The van der Waals surface area contributed by atoms with Crippen molar-refractivity contribution in [2.75, 3.05) is 6.61 Å². The van der Waals surface area contributed by atoms with Crippen LogP contribution in [0.4, 0.5) is 0 Å². The lowest BCUT2D eigenvalue weighted by Gasteiger charge is -2.23. The molecule has 0 N–H and O–H groups in total. The third kappa shape index (κ3) is 2.97. The predicted molar refractivity (Wildman–Crippen MR) is 68.2 cm³/mol. The summed E-state index contributed by atoms with van der Waals surface area (Å²) in [5, 5.41) is 0. The maximum Gasteiger partial charge on any atom is 0.217 e. The fraction of sp³-hybridized carbons (Fsp3) is 0.643. The lowest BCUT2D eigenvalue weighted by molar-refractivity contribution is 0.315. The van der Waals surface area contributed by atoms with Gasteiger partial charge in [0.15, 0.2) is 0 Å². The van der Waals surface area contributed by atoms with Crippen molar-refractivity contribution in [1.29, 1.82) is 0 Å². The predicted octanol–water partition coefficient (Wildman–Crippen LogP) is 3.90. The molecule has 16 heavy (non-hydrogen) atoms. The van der Waals surface area contributed by atoms with Gasteiger partial charge in [-0.1, -0.05) is 34.6 Å². The second-order valence-corrected chi connectivity index (χ2v) is 5.46. The van der Waals surface area contributed by atoms with Crippen molar-refractivity contribution in [2.24, 2.45) is 0 Å². The Morgan fingerprint density at radius 3 is 2.38 bits per heavy atom. The van der Waals surface area contributed by atoms with Crippen LogP contribution in [0.15, 0.2) is 12.3 Å². The van der Waals surface area contributed by atoms with E-state index in [0.717, 1.165) is 5.88 Å². The zero-order valence-corrected chi connectivity index (χ0v) is 11.3. The summed E-state index contributed by atoms with van der Waals surface area (Å²) in [7, 11) is 0. The van der Waals surface area contributed by atoms with E-state index in [2.05, 4.69) is 45.7 Å². The number of pyridine rings is 1. The van der Waals surface area contributed by atoms with Crippen LogP contribution in [0.25, 0.3) is 0 Å². The van der Waals surface area contributed by atoms with E-state index in [-0.39, 0.29) is 5.41 Å². The molecule has 0 aliphatic carbocycles. The van der Waals surface area contributed by atoms with Crippen molar-refractivity contribution in [3.05, 3.63) is 23.4 Å². The maximum absolute atomic E-state index is 5.59. The molecule has 0 fully saturated rings. The largest absolute Gasteiger partial charge is 0.478 e. The first-order valence-corrected chi connectivity index (χ1v) is 5.99. The zero-order valence-electron chi connectivity index (χ0n) is 11.3. The molecule has 1 heterocycles. The number of aromatic nitrogens is 1. The second-order valence-electron chi connectivity index (χ2n) is 5.46. The van der Waals surface area contributed by atoms with Crippen molar-refractivity contribution in [2.45, 2.75) is 52.9 Å². The Labute approximate surface area is 99.0 Å². The highest BCUT2D eigenvalue weighted by atomic mass is 16.5. The minimum atomic E-state index is 0.0718. The van der Waals surface area contributed by atoms with Crippen LogP contribution >= 0.6 is 0 Å². The number of rotatable bonds is 3. The van der Waals surface area contributed by atoms with Crippen LogP contribution in [-0.4, -0.2) is 11.6 Å². The lowest BCUT2D eigenvalue weighted by atomic mass is 9.86. The highest BCUT2D eigenvalue weighted by Crippen LogP contribution is 2.31. The van der Waals surface area contributed by atoms with Crippen LogP contribution in [0.2, 0.25) is 0 Å². The summed E-state index contributed by atoms with van der Waals surface area (Å²) in [5.41, 5.74) is 2.54. The molecule has 0 bridgehead atoms. The van der Waals surface area contributed by atoms with E-state index >= 15 is 0 Å². The van der Waals surface area contributed by atoms with Gasteiger partial charge >= 0.3 is 0 Å². The summed E-state index contributed by atoms with van der Waals surface area (Å²) >= 11 is 0. The minimum absolute atomic E-state index is 0.0718. The van der Waals surface area contributed by atoms with Crippen molar-refractivity contribution >= 4 is 0 Å². The quantitative estimate of drug-likeness (QED) is 0.772. The number of ether oxygens (including phenoxy) is 1. The molecule has 0 amide bonds. The van der Waals surface area contributed by atoms with E-state index in [0.29, 0.717) is 12.5 Å². The summed E-state index contributed by atoms with van der Waals surface area (Å²) in [6.07, 6.45) is 1.92. The number of nitrogens with zero attached hydrogens (tertiary/aromatic N) is 1. The van der Waals surface area contributed by atoms with Crippen LogP contribution in [0.1, 0.15) is 58.6 Å². The van der Waals surface area contributed by atoms with E-state index < -0.39 is 0 Å². The van der Waals surface area contributed by atoms with Crippen LogP contribution in [0.5, 0.6) is 5.88 Å². The van der Waals surface area contributed by atoms with Gasteiger partial charge < -0.3 is 4.74 Å². The molecular weight excluding hydrogens is 198 g/mol. The van der Waals surface area contributed by atoms with Gasteiger partial charge in [0, 0.05) is 11.8 Å². The minimum Gasteiger partial charge on any atom is -0.478 e. The Balaban J connectivity index is 3.21. The van der Waals surface area contributed by atoms with Gasteiger partial charge in [-0.25, -0.2) is 4.98 Å². The smallest absolute Gasteiger partial charge is 0.217 e. The molecule has 0 radical (unpaired) electrons. The molecule has 0 aliphatic rings. The topological polar surface area (TPSA) is 22.1 Å². The molecule has 1 aromatic heterocycles. The van der Waals surface area contributed by atoms with E-state index in [9.17, 15) is 0 Å². The molecule has 90 valence electrons. The standard InChI is InChI=1S/C14H23NO/c1-7-16-13-12(14(4,5)6)8-11(9-15-13)10(2)3/h8-10H,7H2,1-6H3. The molecule has 1 rings (SSSR count). The first-order valence-electron chi connectivity index (χ1n) is 5.99. The molecule has 0 aliphatic heterocycles. The summed E-state index contributed by atoms with van der Waals surface area (Å²) in [6.45, 7) is 13.6. The summed E-state index contributed by atoms with van der Waals surface area (Å²) < 4.78 is 5.59. The van der Waals surface area contributed by atoms with Crippen molar-refractivity contribution in [3.63, 3.8) is 0 Å². The highest BCUT2D eigenvalue weighted by Gasteiger charge is 2.21. The zero-order chi connectivity index (χ0) is 12.3. The van der Waals surface area contributed by atoms with Gasteiger partial charge in [0.25, 0.3) is 0 Å². The van der Waals surface area contributed by atoms with Crippen molar-refractivity contribution in [3.8, 4) is 5.88 Å². The maximum atomic E-state index is 5.59. The van der Waals surface area contributed by atoms with E-state index in [1.165, 1.54) is 11.1 Å². The lowest BCUT2D eigenvalue weighted by Crippen LogP contribution is -2.15. The van der Waals surface area contributed by atoms with Crippen molar-refractivity contribution < 1.29 is 4.74 Å². The first kappa shape index (κ1) is 13.0. The third-order valence-electron chi connectivity index (χ3n) is 2.63. The van der Waals surface area contributed by atoms with E-state index in [4.69, 9.17) is 4.74 Å². The van der Waals surface area contributed by atoms with Gasteiger partial charge in [-0.2, -0.15) is 0 Å². The molecule has 0 saturated carbocycles. The third-order valence-corrected chi connectivity index (χ3v) is 2.63. The SMILES string of the molecule is CCOc1ncc(C(C)C)cc1C(C)(C)C. The molecular formula is C14H23NO. The molecule has 0 spiro atoms. The first-order chi connectivity index (χ1) is 7.36. The summed E-state index contributed by atoms with van der Waals surface area (Å²) in [6, 6.07) is 2.22. The van der Waals surface area contributed by atoms with Crippen molar-refractivity contribution in [1.82, 2.24) is 4.98 Å². The monoisotopic (exact) mass is 221 g/mol. The molecule has 0 atom stereocenters. The fourth-order valence-electron chi connectivity index (χ4n) is 1.57.